The smallest absolute Gasteiger partial charge is 0.462 e. The van der Waals surface area contributed by atoms with Gasteiger partial charge in [-0.1, -0.05) is 303 Å². The summed E-state index contributed by atoms with van der Waals surface area (Å²) in [5.41, 5.74) is 0. The maximum Gasteiger partial charge on any atom is 0.472 e. The average Bonchev–Trinajstić information content (AvgIpc) is 2.66. The van der Waals surface area contributed by atoms with Crippen LogP contribution in [0.3, 0.4) is 0 Å². The highest BCUT2D eigenvalue weighted by atomic mass is 31.2. The molecule has 0 saturated heterocycles. The highest BCUT2D eigenvalue weighted by Crippen LogP contribution is 2.45. The standard InChI is InChI=1S/C73H138O17P2/c1-6-10-13-16-19-21-22-23-28-32-35-38-43-47-52-57-71(76)84-63-69(90-73(78)59-54-49-44-39-36-33-30-27-25-24-26-29-31-34-37-41-45-50-55-66(5)9-4)65-88-92(81,82)86-61-67(74)60-85-91(79,80)87-64-68(62-83-70(75)56-51-46-40-18-15-12-8-3)89-72(77)58-53-48-42-20-17-14-11-7-2/h21-23,28,66-69,74H,6-20,24-27,29-65H2,1-5H3,(H,79,80)(H,81,82)/b22-21-,28-23-/t66?,67-,68+,69+/m0/s1. The van der Waals surface area contributed by atoms with Crippen LogP contribution in [0.15, 0.2) is 24.3 Å². The molecule has 3 unspecified atom stereocenters. The third-order valence-corrected chi connectivity index (χ3v) is 18.7. The number of esters is 4. The van der Waals surface area contributed by atoms with Crippen molar-refractivity contribution in [3.05, 3.63) is 24.3 Å². The van der Waals surface area contributed by atoms with Gasteiger partial charge in [-0.25, -0.2) is 9.13 Å². The van der Waals surface area contributed by atoms with E-state index < -0.39 is 97.5 Å². The number of rotatable bonds is 71. The number of hydrogen-bond donors (Lipinski definition) is 3. The molecule has 0 bridgehead atoms. The molecule has 0 fully saturated rings. The van der Waals surface area contributed by atoms with Gasteiger partial charge in [-0.3, -0.25) is 37.3 Å². The zero-order valence-electron chi connectivity index (χ0n) is 59.2. The fourth-order valence-corrected chi connectivity index (χ4v) is 12.2. The summed E-state index contributed by atoms with van der Waals surface area (Å²) in [6.07, 6.45) is 56.6. The lowest BCUT2D eigenvalue weighted by molar-refractivity contribution is -0.161. The van der Waals surface area contributed by atoms with E-state index in [0.29, 0.717) is 25.7 Å². The molecule has 0 aliphatic rings. The van der Waals surface area contributed by atoms with Crippen LogP contribution in [0.2, 0.25) is 0 Å². The Morgan fingerprint density at radius 1 is 0.348 bits per heavy atom. The van der Waals surface area contributed by atoms with Gasteiger partial charge in [0.15, 0.2) is 12.2 Å². The fourth-order valence-electron chi connectivity index (χ4n) is 10.6. The van der Waals surface area contributed by atoms with Crippen molar-refractivity contribution in [3.8, 4) is 0 Å². The van der Waals surface area contributed by atoms with Gasteiger partial charge < -0.3 is 33.8 Å². The number of phosphoric acid groups is 2. The maximum absolute atomic E-state index is 13.1. The van der Waals surface area contributed by atoms with E-state index in [1.807, 2.05) is 0 Å². The monoisotopic (exact) mass is 1350 g/mol. The Balaban J connectivity index is 5.15. The molecule has 0 rings (SSSR count). The van der Waals surface area contributed by atoms with E-state index in [-0.39, 0.29) is 25.7 Å². The lowest BCUT2D eigenvalue weighted by Crippen LogP contribution is -2.30. The summed E-state index contributed by atoms with van der Waals surface area (Å²) in [4.78, 5) is 72.3. The second-order valence-electron chi connectivity index (χ2n) is 25.9. The molecular formula is C73H138O17P2. The van der Waals surface area contributed by atoms with Crippen LogP contribution in [0.1, 0.15) is 356 Å². The zero-order valence-corrected chi connectivity index (χ0v) is 61.0. The van der Waals surface area contributed by atoms with E-state index in [1.54, 1.807) is 0 Å². The summed E-state index contributed by atoms with van der Waals surface area (Å²) in [6, 6.07) is 0. The Kier molecular flexibility index (Phi) is 64.0. The van der Waals surface area contributed by atoms with Gasteiger partial charge in [-0.15, -0.1) is 0 Å². The van der Waals surface area contributed by atoms with Gasteiger partial charge >= 0.3 is 39.5 Å². The van der Waals surface area contributed by atoms with Crippen LogP contribution < -0.4 is 0 Å². The van der Waals surface area contributed by atoms with E-state index in [4.69, 9.17) is 37.0 Å². The Morgan fingerprint density at radius 2 is 0.609 bits per heavy atom. The van der Waals surface area contributed by atoms with Crippen LogP contribution >= 0.6 is 15.6 Å². The van der Waals surface area contributed by atoms with Crippen LogP contribution in [-0.4, -0.2) is 96.7 Å². The first-order valence-corrected chi connectivity index (χ1v) is 40.5. The van der Waals surface area contributed by atoms with E-state index >= 15 is 0 Å². The van der Waals surface area contributed by atoms with Crippen molar-refractivity contribution < 1.29 is 80.2 Å². The number of aliphatic hydroxyl groups is 1. The summed E-state index contributed by atoms with van der Waals surface area (Å²) in [6.45, 7) is 7.19. The quantitative estimate of drug-likeness (QED) is 0.0169. The highest BCUT2D eigenvalue weighted by molar-refractivity contribution is 7.47. The lowest BCUT2D eigenvalue weighted by atomic mass is 9.99. The van der Waals surface area contributed by atoms with E-state index in [0.717, 1.165) is 134 Å². The summed E-state index contributed by atoms with van der Waals surface area (Å²) in [7, 11) is -9.90. The molecule has 0 radical (unpaired) electrons. The first kappa shape index (κ1) is 89.5. The summed E-state index contributed by atoms with van der Waals surface area (Å²) < 4.78 is 68.1. The number of carbonyl (C=O) groups is 4. The molecule has 92 heavy (non-hydrogen) atoms. The first-order chi connectivity index (χ1) is 44.6. The average molecular weight is 1350 g/mol. The maximum atomic E-state index is 13.1. The lowest BCUT2D eigenvalue weighted by Gasteiger charge is -2.21. The van der Waals surface area contributed by atoms with Gasteiger partial charge in [0.25, 0.3) is 0 Å². The van der Waals surface area contributed by atoms with Crippen molar-refractivity contribution in [2.24, 2.45) is 5.92 Å². The molecule has 0 saturated carbocycles. The van der Waals surface area contributed by atoms with Gasteiger partial charge in [-0.05, 0) is 57.3 Å². The van der Waals surface area contributed by atoms with Gasteiger partial charge in [0.1, 0.15) is 19.3 Å². The number of hydrogen-bond acceptors (Lipinski definition) is 15. The molecule has 0 aromatic heterocycles. The van der Waals surface area contributed by atoms with Crippen molar-refractivity contribution in [2.45, 2.75) is 374 Å². The van der Waals surface area contributed by atoms with Crippen molar-refractivity contribution >= 4 is 39.5 Å². The Bertz CT molecular complexity index is 1870. The normalized spacial score (nSPS) is 14.5. The number of allylic oxidation sites excluding steroid dienone is 4. The Morgan fingerprint density at radius 3 is 0.924 bits per heavy atom. The van der Waals surface area contributed by atoms with E-state index in [1.165, 1.54) is 141 Å². The second-order valence-corrected chi connectivity index (χ2v) is 28.8. The molecule has 17 nitrogen and oxygen atoms in total. The molecule has 0 aromatic rings. The molecular weight excluding hydrogens is 1210 g/mol. The third kappa shape index (κ3) is 64.9. The molecule has 6 atom stereocenters. The number of ether oxygens (including phenoxy) is 4. The molecule has 0 aliphatic heterocycles. The number of carbonyl (C=O) groups excluding carboxylic acids is 4. The van der Waals surface area contributed by atoms with Crippen LogP contribution in [-0.2, 0) is 65.4 Å². The van der Waals surface area contributed by atoms with Gasteiger partial charge in [0.2, 0.25) is 0 Å². The van der Waals surface area contributed by atoms with Crippen molar-refractivity contribution in [1.82, 2.24) is 0 Å². The second kappa shape index (κ2) is 65.8. The van der Waals surface area contributed by atoms with Crippen LogP contribution in [0.25, 0.3) is 0 Å². The Labute approximate surface area is 561 Å². The molecule has 0 amide bonds. The van der Waals surface area contributed by atoms with Gasteiger partial charge in [-0.2, -0.15) is 0 Å². The fraction of sp³-hybridized carbons (Fsp3) is 0.890. The summed E-state index contributed by atoms with van der Waals surface area (Å²) in [5.74, 6) is -1.29. The molecule has 0 aliphatic carbocycles. The van der Waals surface area contributed by atoms with Gasteiger partial charge in [0.05, 0.1) is 26.4 Å². The van der Waals surface area contributed by atoms with Crippen LogP contribution in [0.5, 0.6) is 0 Å². The largest absolute Gasteiger partial charge is 0.472 e. The predicted molar refractivity (Wildman–Crippen MR) is 372 cm³/mol. The van der Waals surface area contributed by atoms with E-state index in [9.17, 15) is 43.2 Å². The van der Waals surface area contributed by atoms with Crippen molar-refractivity contribution in [1.29, 1.82) is 0 Å². The minimum Gasteiger partial charge on any atom is -0.462 e. The van der Waals surface area contributed by atoms with Crippen LogP contribution in [0.4, 0.5) is 0 Å². The topological polar surface area (TPSA) is 237 Å². The molecule has 0 aromatic carbocycles. The van der Waals surface area contributed by atoms with Crippen molar-refractivity contribution in [2.75, 3.05) is 39.6 Å². The number of unbranched alkanes of at least 4 members (excludes halogenated alkanes) is 39. The van der Waals surface area contributed by atoms with Crippen molar-refractivity contribution in [3.63, 3.8) is 0 Å². The van der Waals surface area contributed by atoms with Crippen LogP contribution in [0, 0.1) is 5.92 Å². The summed E-state index contributed by atoms with van der Waals surface area (Å²) >= 11 is 0. The molecule has 542 valence electrons. The highest BCUT2D eigenvalue weighted by Gasteiger charge is 2.30. The zero-order chi connectivity index (χ0) is 67.7. The molecule has 3 N–H and O–H groups in total. The first-order valence-electron chi connectivity index (χ1n) is 37.5. The predicted octanol–water partition coefficient (Wildman–Crippen LogP) is 20.9. The SMILES string of the molecule is CCCCCC/C=C\C=C/CCCCCCCC(=O)OC[C@H](COP(=O)(O)OC[C@@H](O)COP(=O)(O)OC[C@@H](COC(=O)CCCCCCCCC)OC(=O)CCCCCCCCCC)OC(=O)CCCCCCCCCCCCCCCCCCCCC(C)CC. The third-order valence-electron chi connectivity index (χ3n) is 16.8. The van der Waals surface area contributed by atoms with E-state index in [2.05, 4.69) is 58.9 Å². The Hall–Kier alpha value is -2.46. The number of aliphatic hydroxyl groups excluding tert-OH is 1. The number of phosphoric ester groups is 2. The summed E-state index contributed by atoms with van der Waals surface area (Å²) in [5, 5.41) is 10.6. The minimum absolute atomic E-state index is 0.102. The molecule has 0 spiro atoms. The minimum atomic E-state index is -4.96. The molecule has 19 heteroatoms. The molecule has 0 heterocycles. The van der Waals surface area contributed by atoms with Gasteiger partial charge in [0, 0.05) is 25.7 Å².